The summed E-state index contributed by atoms with van der Waals surface area (Å²) in [6.07, 6.45) is 4.18. The summed E-state index contributed by atoms with van der Waals surface area (Å²) >= 11 is 0. The van der Waals surface area contributed by atoms with Gasteiger partial charge in [-0.25, -0.2) is 4.79 Å². The standard InChI is InChI=1S/C8H13N5O/c1-12-3-2-8-4-9-7(14)11-6(8)10-5-13(8)12/h2-3,6,10H,4-5H2,1H3,(H2,9,11,14). The zero-order valence-corrected chi connectivity index (χ0v) is 7.95. The van der Waals surface area contributed by atoms with Crippen LogP contribution < -0.4 is 16.0 Å². The van der Waals surface area contributed by atoms with Crippen LogP contribution in [-0.4, -0.2) is 48.0 Å². The molecule has 0 aromatic carbocycles. The third-order valence-electron chi connectivity index (χ3n) is 3.19. The molecule has 2 unspecified atom stereocenters. The van der Waals surface area contributed by atoms with Crippen molar-refractivity contribution in [1.82, 2.24) is 26.0 Å². The molecule has 6 nitrogen and oxygen atoms in total. The van der Waals surface area contributed by atoms with Crippen LogP contribution in [0.3, 0.4) is 0 Å². The Morgan fingerprint density at radius 3 is 3.36 bits per heavy atom. The van der Waals surface area contributed by atoms with Crippen LogP contribution in [0.4, 0.5) is 4.79 Å². The molecule has 2 atom stereocenters. The first-order valence-corrected chi connectivity index (χ1v) is 4.70. The molecule has 3 rings (SSSR count). The second kappa shape index (κ2) is 2.40. The largest absolute Gasteiger partial charge is 0.336 e. The lowest BCUT2D eigenvalue weighted by atomic mass is 9.96. The highest BCUT2D eigenvalue weighted by Gasteiger charge is 2.54. The number of nitrogens with zero attached hydrogens (tertiary/aromatic N) is 2. The molecule has 0 aromatic heterocycles. The van der Waals surface area contributed by atoms with Gasteiger partial charge in [-0.2, -0.15) is 5.01 Å². The molecule has 0 saturated carbocycles. The van der Waals surface area contributed by atoms with Crippen LogP contribution >= 0.6 is 0 Å². The number of carbonyl (C=O) groups excluding carboxylic acids is 1. The molecule has 2 fully saturated rings. The number of carbonyl (C=O) groups is 1. The van der Waals surface area contributed by atoms with Crippen LogP contribution in [0.5, 0.6) is 0 Å². The van der Waals surface area contributed by atoms with E-state index in [-0.39, 0.29) is 17.7 Å². The first kappa shape index (κ1) is 8.07. The van der Waals surface area contributed by atoms with E-state index in [1.807, 2.05) is 18.3 Å². The number of hydrogen-bond donors (Lipinski definition) is 3. The molecule has 2 amide bonds. The van der Waals surface area contributed by atoms with E-state index >= 15 is 0 Å². The van der Waals surface area contributed by atoms with Crippen LogP contribution in [0.2, 0.25) is 0 Å². The molecule has 1 spiro atoms. The Morgan fingerprint density at radius 1 is 1.64 bits per heavy atom. The molecule has 3 aliphatic rings. The van der Waals surface area contributed by atoms with E-state index in [2.05, 4.69) is 27.0 Å². The highest BCUT2D eigenvalue weighted by atomic mass is 16.2. The van der Waals surface area contributed by atoms with E-state index in [9.17, 15) is 4.79 Å². The number of urea groups is 1. The van der Waals surface area contributed by atoms with Crippen molar-refractivity contribution in [3.63, 3.8) is 0 Å². The molecule has 0 aromatic rings. The topological polar surface area (TPSA) is 59.6 Å². The summed E-state index contributed by atoms with van der Waals surface area (Å²) in [6.45, 7) is 1.41. The molecule has 76 valence electrons. The lowest BCUT2D eigenvalue weighted by molar-refractivity contribution is 0.00898. The van der Waals surface area contributed by atoms with Crippen molar-refractivity contribution in [2.75, 3.05) is 20.3 Å². The Balaban J connectivity index is 1.95. The van der Waals surface area contributed by atoms with Crippen molar-refractivity contribution in [2.24, 2.45) is 0 Å². The lowest BCUT2D eigenvalue weighted by Crippen LogP contribution is -2.68. The molecule has 0 radical (unpaired) electrons. The van der Waals surface area contributed by atoms with Crippen LogP contribution in [0.25, 0.3) is 0 Å². The molecule has 3 heterocycles. The minimum absolute atomic E-state index is 0.0115. The number of nitrogens with one attached hydrogen (secondary N) is 3. The predicted octanol–water partition coefficient (Wildman–Crippen LogP) is -1.40. The van der Waals surface area contributed by atoms with Gasteiger partial charge in [0, 0.05) is 19.8 Å². The smallest absolute Gasteiger partial charge is 0.316 e. The average Bonchev–Trinajstić information content (AvgIpc) is 2.66. The highest BCUT2D eigenvalue weighted by Crippen LogP contribution is 2.32. The third-order valence-corrected chi connectivity index (χ3v) is 3.19. The van der Waals surface area contributed by atoms with Crippen molar-refractivity contribution < 1.29 is 4.79 Å². The predicted molar refractivity (Wildman–Crippen MR) is 49.8 cm³/mol. The van der Waals surface area contributed by atoms with Gasteiger partial charge in [-0.15, -0.1) is 0 Å². The van der Waals surface area contributed by atoms with Crippen molar-refractivity contribution >= 4 is 6.03 Å². The Morgan fingerprint density at radius 2 is 2.50 bits per heavy atom. The SMILES string of the molecule is CN1C=CC23CNC(=O)NC2NCN13. The van der Waals surface area contributed by atoms with Gasteiger partial charge in [0.2, 0.25) is 0 Å². The zero-order valence-electron chi connectivity index (χ0n) is 7.95. The fourth-order valence-electron chi connectivity index (χ4n) is 2.39. The van der Waals surface area contributed by atoms with Crippen molar-refractivity contribution in [2.45, 2.75) is 11.7 Å². The van der Waals surface area contributed by atoms with Gasteiger partial charge >= 0.3 is 6.03 Å². The summed E-state index contributed by atoms with van der Waals surface area (Å²) in [5, 5.41) is 13.2. The number of hydrogen-bond acceptors (Lipinski definition) is 4. The molecule has 0 bridgehead atoms. The van der Waals surface area contributed by atoms with Gasteiger partial charge in [0.05, 0.1) is 6.67 Å². The van der Waals surface area contributed by atoms with Gasteiger partial charge in [-0.3, -0.25) is 5.32 Å². The lowest BCUT2D eigenvalue weighted by Gasteiger charge is -2.40. The Labute approximate surface area is 81.9 Å². The van der Waals surface area contributed by atoms with Crippen LogP contribution in [0, 0.1) is 0 Å². The van der Waals surface area contributed by atoms with Crippen LogP contribution in [-0.2, 0) is 0 Å². The van der Waals surface area contributed by atoms with Gasteiger partial charge in [0.1, 0.15) is 11.7 Å². The van der Waals surface area contributed by atoms with Gasteiger partial charge in [-0.05, 0) is 6.08 Å². The molecule has 3 aliphatic heterocycles. The summed E-state index contributed by atoms with van der Waals surface area (Å²) in [6, 6.07) is -0.0991. The molecule has 2 saturated heterocycles. The minimum Gasteiger partial charge on any atom is -0.336 e. The van der Waals surface area contributed by atoms with E-state index in [4.69, 9.17) is 0 Å². The molecule has 14 heavy (non-hydrogen) atoms. The average molecular weight is 195 g/mol. The summed E-state index contributed by atoms with van der Waals surface area (Å²) < 4.78 is 0. The van der Waals surface area contributed by atoms with Crippen LogP contribution in [0.1, 0.15) is 0 Å². The first-order valence-electron chi connectivity index (χ1n) is 4.70. The van der Waals surface area contributed by atoms with Gasteiger partial charge in [-0.1, -0.05) is 0 Å². The molecule has 0 aliphatic carbocycles. The van der Waals surface area contributed by atoms with Gasteiger partial charge < -0.3 is 15.6 Å². The van der Waals surface area contributed by atoms with E-state index < -0.39 is 0 Å². The second-order valence-electron chi connectivity index (χ2n) is 3.90. The third kappa shape index (κ3) is 0.796. The molecular weight excluding hydrogens is 182 g/mol. The Bertz CT molecular complexity index is 317. The molecular formula is C8H13N5O. The van der Waals surface area contributed by atoms with E-state index in [1.54, 1.807) is 0 Å². The maximum absolute atomic E-state index is 11.2. The summed E-state index contributed by atoms with van der Waals surface area (Å²) in [4.78, 5) is 11.2. The minimum atomic E-state index is -0.122. The van der Waals surface area contributed by atoms with Crippen molar-refractivity contribution in [1.29, 1.82) is 0 Å². The quantitative estimate of drug-likeness (QED) is 0.445. The van der Waals surface area contributed by atoms with E-state index in [0.29, 0.717) is 6.54 Å². The monoisotopic (exact) mass is 195 g/mol. The van der Waals surface area contributed by atoms with Gasteiger partial charge in [0.15, 0.2) is 0 Å². The normalized spacial score (nSPS) is 40.5. The Kier molecular flexibility index (Phi) is 1.38. The highest BCUT2D eigenvalue weighted by molar-refractivity contribution is 5.76. The van der Waals surface area contributed by atoms with E-state index in [0.717, 1.165) is 6.67 Å². The number of hydrazine groups is 1. The second-order valence-corrected chi connectivity index (χ2v) is 3.90. The fraction of sp³-hybridized carbons (Fsp3) is 0.625. The van der Waals surface area contributed by atoms with E-state index in [1.165, 1.54) is 0 Å². The maximum atomic E-state index is 11.2. The summed E-state index contributed by atoms with van der Waals surface area (Å²) in [5.41, 5.74) is -0.122. The fourth-order valence-corrected chi connectivity index (χ4v) is 2.39. The number of rotatable bonds is 0. The molecule has 6 heteroatoms. The summed E-state index contributed by atoms with van der Waals surface area (Å²) in [7, 11) is 2.01. The van der Waals surface area contributed by atoms with Crippen molar-refractivity contribution in [3.8, 4) is 0 Å². The van der Waals surface area contributed by atoms with Gasteiger partial charge in [0.25, 0.3) is 0 Å². The number of amides is 2. The Hall–Kier alpha value is -1.27. The van der Waals surface area contributed by atoms with Crippen LogP contribution in [0.15, 0.2) is 12.3 Å². The maximum Gasteiger partial charge on any atom is 0.316 e. The zero-order chi connectivity index (χ0) is 9.76. The first-order chi connectivity index (χ1) is 6.72. The van der Waals surface area contributed by atoms with Crippen molar-refractivity contribution in [3.05, 3.63) is 12.3 Å². The summed E-state index contributed by atoms with van der Waals surface area (Å²) in [5.74, 6) is 0. The molecule has 3 N–H and O–H groups in total.